The molecule has 0 unspecified atom stereocenters. The van der Waals surface area contributed by atoms with Crippen LogP contribution in [0.4, 0.5) is 10.1 Å². The fourth-order valence-corrected chi connectivity index (χ4v) is 1.48. The lowest BCUT2D eigenvalue weighted by atomic mass is 10.3. The third-order valence-corrected chi connectivity index (χ3v) is 2.34. The molecule has 0 spiro atoms. The number of hydrogen-bond donors (Lipinski definition) is 0. The van der Waals surface area contributed by atoms with Crippen molar-refractivity contribution in [1.29, 1.82) is 0 Å². The summed E-state index contributed by atoms with van der Waals surface area (Å²) in [5.41, 5.74) is -0.400. The van der Waals surface area contributed by atoms with Gasteiger partial charge in [0.15, 0.2) is 11.6 Å². The van der Waals surface area contributed by atoms with Gasteiger partial charge in [0, 0.05) is 6.07 Å². The molecule has 0 N–H and O–H groups in total. The van der Waals surface area contributed by atoms with Gasteiger partial charge in [-0.25, -0.2) is 4.39 Å². The average Bonchev–Trinajstić information content (AvgIpc) is 2.40. The topological polar surface area (TPSA) is 100 Å². The molecule has 10 heteroatoms. The maximum absolute atomic E-state index is 13.7. The number of non-ortho nitro benzene ring substituents is 1. The highest BCUT2D eigenvalue weighted by Gasteiger charge is 2.14. The summed E-state index contributed by atoms with van der Waals surface area (Å²) in [5, 5.41) is 10.3. The van der Waals surface area contributed by atoms with Crippen LogP contribution in [0.3, 0.4) is 0 Å². The summed E-state index contributed by atoms with van der Waals surface area (Å²) in [6.45, 7) is 2.01. The van der Waals surface area contributed by atoms with Crippen molar-refractivity contribution in [2.24, 2.45) is 0 Å². The van der Waals surface area contributed by atoms with Crippen LogP contribution >= 0.6 is 11.6 Å². The third kappa shape index (κ3) is 3.72. The number of nitro groups is 1. The first-order valence-corrected chi connectivity index (χ1v) is 6.03. The first-order chi connectivity index (χ1) is 9.99. The summed E-state index contributed by atoms with van der Waals surface area (Å²) >= 11 is 5.65. The largest absolute Gasteiger partial charge is 0.464 e. The molecule has 0 radical (unpaired) electrons. The summed E-state index contributed by atoms with van der Waals surface area (Å²) in [7, 11) is 0. The average molecular weight is 315 g/mol. The molecule has 8 nitrogen and oxygen atoms in total. The molecule has 110 valence electrons. The Morgan fingerprint density at radius 3 is 2.67 bits per heavy atom. The van der Waals surface area contributed by atoms with E-state index in [1.165, 1.54) is 0 Å². The minimum absolute atomic E-state index is 0.0742. The van der Waals surface area contributed by atoms with Crippen LogP contribution in [0.15, 0.2) is 18.2 Å². The number of aromatic nitrogens is 3. The Morgan fingerprint density at radius 1 is 1.33 bits per heavy atom. The zero-order chi connectivity index (χ0) is 15.4. The van der Waals surface area contributed by atoms with E-state index in [1.54, 1.807) is 6.92 Å². The Labute approximate surface area is 122 Å². The van der Waals surface area contributed by atoms with Gasteiger partial charge in [0.2, 0.25) is 5.28 Å². The predicted molar refractivity (Wildman–Crippen MR) is 69.1 cm³/mol. The van der Waals surface area contributed by atoms with Crippen molar-refractivity contribution < 1.29 is 18.8 Å². The van der Waals surface area contributed by atoms with Crippen molar-refractivity contribution in [3.8, 4) is 17.8 Å². The first-order valence-electron chi connectivity index (χ1n) is 5.65. The van der Waals surface area contributed by atoms with Crippen molar-refractivity contribution >= 4 is 17.3 Å². The zero-order valence-corrected chi connectivity index (χ0v) is 11.4. The van der Waals surface area contributed by atoms with E-state index in [4.69, 9.17) is 21.1 Å². The van der Waals surface area contributed by atoms with Gasteiger partial charge in [-0.15, -0.1) is 4.98 Å². The minimum Gasteiger partial charge on any atom is -0.464 e. The predicted octanol–water partition coefficient (Wildman–Crippen LogP) is 2.76. The molecule has 0 bridgehead atoms. The number of benzene rings is 1. The highest BCUT2D eigenvalue weighted by atomic mass is 35.5. The lowest BCUT2D eigenvalue weighted by Crippen LogP contribution is -2.02. The standard InChI is InChI=1S/C11H8ClFN4O4/c1-2-20-10-14-9(12)15-11(16-10)21-8-4-3-6(17(18)19)5-7(8)13/h3-5H,2H2,1H3. The van der Waals surface area contributed by atoms with Crippen LogP contribution in [0, 0.1) is 15.9 Å². The zero-order valence-electron chi connectivity index (χ0n) is 10.6. The van der Waals surface area contributed by atoms with E-state index in [1.807, 2.05) is 0 Å². The Bertz CT molecular complexity index is 685. The van der Waals surface area contributed by atoms with Crippen molar-refractivity contribution in [3.63, 3.8) is 0 Å². The number of ether oxygens (including phenoxy) is 2. The number of nitro benzene ring substituents is 1. The molecule has 21 heavy (non-hydrogen) atoms. The lowest BCUT2D eigenvalue weighted by molar-refractivity contribution is -0.385. The molecule has 1 aromatic carbocycles. The SMILES string of the molecule is CCOc1nc(Cl)nc(Oc2ccc([N+](=O)[O-])cc2F)n1. The molecule has 0 atom stereocenters. The van der Waals surface area contributed by atoms with Gasteiger partial charge in [-0.05, 0) is 24.6 Å². The van der Waals surface area contributed by atoms with E-state index >= 15 is 0 Å². The van der Waals surface area contributed by atoms with Crippen LogP contribution in [0.5, 0.6) is 17.8 Å². The van der Waals surface area contributed by atoms with Crippen LogP contribution in [-0.4, -0.2) is 26.5 Å². The molecule has 0 aliphatic heterocycles. The number of hydrogen-bond acceptors (Lipinski definition) is 7. The molecule has 1 heterocycles. The second-order valence-corrected chi connectivity index (χ2v) is 3.91. The molecule has 2 aromatic rings. The Kier molecular flexibility index (Phi) is 4.43. The van der Waals surface area contributed by atoms with Crippen molar-refractivity contribution in [2.75, 3.05) is 6.61 Å². The van der Waals surface area contributed by atoms with Gasteiger partial charge >= 0.3 is 12.0 Å². The van der Waals surface area contributed by atoms with Gasteiger partial charge in [-0.2, -0.15) is 9.97 Å². The molecule has 2 rings (SSSR count). The van der Waals surface area contributed by atoms with E-state index in [9.17, 15) is 14.5 Å². The maximum atomic E-state index is 13.7. The van der Waals surface area contributed by atoms with E-state index in [-0.39, 0.29) is 23.1 Å². The highest BCUT2D eigenvalue weighted by molar-refractivity contribution is 6.28. The molecule has 0 aliphatic carbocycles. The van der Waals surface area contributed by atoms with Crippen LogP contribution in [-0.2, 0) is 0 Å². The summed E-state index contributed by atoms with van der Waals surface area (Å²) < 4.78 is 23.8. The minimum atomic E-state index is -0.932. The van der Waals surface area contributed by atoms with Gasteiger partial charge in [0.05, 0.1) is 17.6 Å². The number of nitrogens with zero attached hydrogens (tertiary/aromatic N) is 4. The molecule has 0 aliphatic rings. The van der Waals surface area contributed by atoms with E-state index in [0.29, 0.717) is 6.61 Å². The monoisotopic (exact) mass is 314 g/mol. The molecule has 0 saturated carbocycles. The Morgan fingerprint density at radius 2 is 2.05 bits per heavy atom. The van der Waals surface area contributed by atoms with E-state index in [0.717, 1.165) is 18.2 Å². The Hall–Kier alpha value is -2.55. The van der Waals surface area contributed by atoms with Crippen molar-refractivity contribution in [3.05, 3.63) is 39.4 Å². The quantitative estimate of drug-likeness (QED) is 0.617. The molecular formula is C11H8ClFN4O4. The molecule has 0 fully saturated rings. The van der Waals surface area contributed by atoms with Crippen LogP contribution in [0.1, 0.15) is 6.92 Å². The number of halogens is 2. The number of rotatable bonds is 5. The smallest absolute Gasteiger partial charge is 0.329 e. The summed E-state index contributed by atoms with van der Waals surface area (Å²) in [4.78, 5) is 20.9. The van der Waals surface area contributed by atoms with Gasteiger partial charge < -0.3 is 9.47 Å². The van der Waals surface area contributed by atoms with Gasteiger partial charge in [-0.1, -0.05) is 0 Å². The molecule has 0 saturated heterocycles. The van der Waals surface area contributed by atoms with Crippen molar-refractivity contribution in [1.82, 2.24) is 15.0 Å². The lowest BCUT2D eigenvalue weighted by Gasteiger charge is -2.06. The summed E-state index contributed by atoms with van der Waals surface area (Å²) in [6, 6.07) is 2.54. The normalized spacial score (nSPS) is 10.2. The fraction of sp³-hybridized carbons (Fsp3) is 0.182. The van der Waals surface area contributed by atoms with Gasteiger partial charge in [0.1, 0.15) is 0 Å². The Balaban J connectivity index is 2.27. The molecule has 0 amide bonds. The third-order valence-electron chi connectivity index (χ3n) is 2.17. The molecular weight excluding hydrogens is 307 g/mol. The molecule has 1 aromatic heterocycles. The second kappa shape index (κ2) is 6.27. The highest BCUT2D eigenvalue weighted by Crippen LogP contribution is 2.26. The fourth-order valence-electron chi connectivity index (χ4n) is 1.34. The first kappa shape index (κ1) is 14.9. The van der Waals surface area contributed by atoms with Crippen LogP contribution < -0.4 is 9.47 Å². The van der Waals surface area contributed by atoms with Gasteiger partial charge in [0.25, 0.3) is 5.69 Å². The summed E-state index contributed by atoms with van der Waals surface area (Å²) in [6.07, 6.45) is 0. The summed E-state index contributed by atoms with van der Waals surface area (Å²) in [5.74, 6) is -1.22. The van der Waals surface area contributed by atoms with Crippen LogP contribution in [0.2, 0.25) is 5.28 Å². The van der Waals surface area contributed by atoms with Gasteiger partial charge in [-0.3, -0.25) is 10.1 Å². The maximum Gasteiger partial charge on any atom is 0.329 e. The van der Waals surface area contributed by atoms with Crippen molar-refractivity contribution in [2.45, 2.75) is 6.92 Å². The van der Waals surface area contributed by atoms with E-state index in [2.05, 4.69) is 15.0 Å². The van der Waals surface area contributed by atoms with E-state index < -0.39 is 16.4 Å². The second-order valence-electron chi connectivity index (χ2n) is 3.58. The van der Waals surface area contributed by atoms with Crippen LogP contribution in [0.25, 0.3) is 0 Å².